The molecule has 0 fully saturated rings. The van der Waals surface area contributed by atoms with Crippen molar-refractivity contribution in [2.75, 3.05) is 24.6 Å². The van der Waals surface area contributed by atoms with Gasteiger partial charge in [0.25, 0.3) is 11.8 Å². The van der Waals surface area contributed by atoms with Crippen LogP contribution in [0.5, 0.6) is 0 Å². The van der Waals surface area contributed by atoms with Gasteiger partial charge < -0.3 is 15.3 Å². The molecule has 0 bridgehead atoms. The lowest BCUT2D eigenvalue weighted by Gasteiger charge is -2.35. The SMILES string of the molecule is O=C1N[C@@H](CO)CN2CC(F)(F)Cc3c(Br)sc1c32. The van der Waals surface area contributed by atoms with Crippen LogP contribution < -0.4 is 10.2 Å². The molecular formula is C11H11BrF2N2O2S. The molecule has 0 saturated heterocycles. The maximum atomic E-state index is 13.8. The van der Waals surface area contributed by atoms with E-state index in [1.165, 1.54) is 16.2 Å². The zero-order chi connectivity index (χ0) is 13.8. The number of rotatable bonds is 1. The van der Waals surface area contributed by atoms with E-state index in [9.17, 15) is 18.7 Å². The fourth-order valence-corrected chi connectivity index (χ4v) is 4.35. The van der Waals surface area contributed by atoms with Gasteiger partial charge in [0.1, 0.15) is 4.88 Å². The summed E-state index contributed by atoms with van der Waals surface area (Å²) in [4.78, 5) is 14.0. The molecule has 104 valence electrons. The van der Waals surface area contributed by atoms with E-state index in [1.807, 2.05) is 0 Å². The van der Waals surface area contributed by atoms with Crippen molar-refractivity contribution in [3.05, 3.63) is 14.2 Å². The molecule has 4 nitrogen and oxygen atoms in total. The van der Waals surface area contributed by atoms with Gasteiger partial charge in [-0.25, -0.2) is 8.78 Å². The first-order chi connectivity index (χ1) is 8.91. The zero-order valence-corrected chi connectivity index (χ0v) is 12.2. The van der Waals surface area contributed by atoms with Crippen molar-refractivity contribution in [1.82, 2.24) is 5.32 Å². The lowest BCUT2D eigenvalue weighted by molar-refractivity contribution is 0.00490. The Hall–Kier alpha value is -0.730. The van der Waals surface area contributed by atoms with Crippen LogP contribution in [0.25, 0.3) is 0 Å². The lowest BCUT2D eigenvalue weighted by Crippen LogP contribution is -2.48. The molecule has 2 aliphatic heterocycles. The second-order valence-corrected chi connectivity index (χ2v) is 7.14. The number of hydrogen-bond acceptors (Lipinski definition) is 4. The summed E-state index contributed by atoms with van der Waals surface area (Å²) in [6.45, 7) is -0.484. The summed E-state index contributed by atoms with van der Waals surface area (Å²) in [5.74, 6) is -3.12. The molecule has 0 unspecified atom stereocenters. The van der Waals surface area contributed by atoms with Gasteiger partial charge >= 0.3 is 0 Å². The van der Waals surface area contributed by atoms with Crippen molar-refractivity contribution in [2.45, 2.75) is 18.4 Å². The van der Waals surface area contributed by atoms with E-state index in [4.69, 9.17) is 0 Å². The summed E-state index contributed by atoms with van der Waals surface area (Å²) in [5, 5.41) is 11.9. The molecular weight excluding hydrogens is 342 g/mol. The van der Waals surface area contributed by atoms with E-state index >= 15 is 0 Å². The Balaban J connectivity index is 2.12. The second-order valence-electron chi connectivity index (χ2n) is 4.80. The minimum absolute atomic E-state index is 0.195. The number of carbonyl (C=O) groups excluding carboxylic acids is 1. The average molecular weight is 353 g/mol. The summed E-state index contributed by atoms with van der Waals surface area (Å²) in [5.41, 5.74) is 1.08. The molecule has 0 spiro atoms. The Morgan fingerprint density at radius 1 is 1.58 bits per heavy atom. The van der Waals surface area contributed by atoms with Crippen LogP contribution >= 0.6 is 27.3 Å². The molecule has 0 radical (unpaired) electrons. The summed E-state index contributed by atoms with van der Waals surface area (Å²) >= 11 is 4.43. The molecule has 1 amide bonds. The molecule has 1 atom stereocenters. The maximum Gasteiger partial charge on any atom is 0.269 e. The monoisotopic (exact) mass is 352 g/mol. The van der Waals surface area contributed by atoms with Gasteiger partial charge in [-0.15, -0.1) is 11.3 Å². The number of anilines is 1. The highest BCUT2D eigenvalue weighted by Crippen LogP contribution is 2.46. The first-order valence-corrected chi connectivity index (χ1v) is 7.38. The molecule has 8 heteroatoms. The minimum Gasteiger partial charge on any atom is -0.394 e. The molecule has 1 aromatic rings. The van der Waals surface area contributed by atoms with Gasteiger partial charge in [0.05, 0.1) is 28.7 Å². The lowest BCUT2D eigenvalue weighted by atomic mass is 10.0. The van der Waals surface area contributed by atoms with Gasteiger partial charge in [-0.2, -0.15) is 0 Å². The van der Waals surface area contributed by atoms with Gasteiger partial charge in [0, 0.05) is 18.5 Å². The minimum atomic E-state index is -2.82. The standard InChI is InChI=1S/C11H11BrF2N2O2S/c12-9-6-1-11(13,14)4-16-2-5(3-17)15-10(18)8(19-9)7(6)16/h5,17H,1-4H2,(H,15,18)/t5-/m1/s1. The van der Waals surface area contributed by atoms with Crippen LogP contribution in [0.15, 0.2) is 3.79 Å². The Bertz CT molecular complexity index is 549. The maximum absolute atomic E-state index is 13.8. The molecule has 2 aliphatic rings. The number of carbonyl (C=O) groups is 1. The van der Waals surface area contributed by atoms with Crippen LogP contribution in [0.1, 0.15) is 15.2 Å². The highest BCUT2D eigenvalue weighted by atomic mass is 79.9. The van der Waals surface area contributed by atoms with Crippen LogP contribution in [-0.4, -0.2) is 42.7 Å². The topological polar surface area (TPSA) is 52.6 Å². The number of amides is 1. The third-order valence-electron chi connectivity index (χ3n) is 3.31. The highest BCUT2D eigenvalue weighted by molar-refractivity contribution is 9.11. The van der Waals surface area contributed by atoms with Gasteiger partial charge in [-0.1, -0.05) is 0 Å². The molecule has 3 rings (SSSR count). The van der Waals surface area contributed by atoms with Gasteiger partial charge in [-0.05, 0) is 15.9 Å². The summed E-state index contributed by atoms with van der Waals surface area (Å²) in [7, 11) is 0. The van der Waals surface area contributed by atoms with Gasteiger partial charge in [0.2, 0.25) is 0 Å². The van der Waals surface area contributed by atoms with E-state index in [0.29, 0.717) is 19.9 Å². The number of halogens is 3. The van der Waals surface area contributed by atoms with Crippen LogP contribution in [-0.2, 0) is 6.42 Å². The second kappa shape index (κ2) is 4.39. The number of alkyl halides is 2. The molecule has 3 heterocycles. The van der Waals surface area contributed by atoms with E-state index in [2.05, 4.69) is 21.2 Å². The van der Waals surface area contributed by atoms with Crippen molar-refractivity contribution in [2.24, 2.45) is 0 Å². The molecule has 1 aromatic heterocycles. The normalized spacial score (nSPS) is 24.7. The Labute approximate surface area is 120 Å². The summed E-state index contributed by atoms with van der Waals surface area (Å²) in [6.07, 6.45) is -0.354. The van der Waals surface area contributed by atoms with Crippen LogP contribution in [0.3, 0.4) is 0 Å². The number of aliphatic hydroxyl groups is 1. The Morgan fingerprint density at radius 3 is 3.00 bits per heavy atom. The van der Waals surface area contributed by atoms with Crippen molar-refractivity contribution in [3.8, 4) is 0 Å². The molecule has 0 saturated carbocycles. The Kier molecular flexibility index (Phi) is 3.06. The van der Waals surface area contributed by atoms with Crippen molar-refractivity contribution in [3.63, 3.8) is 0 Å². The van der Waals surface area contributed by atoms with Crippen molar-refractivity contribution in [1.29, 1.82) is 0 Å². The first kappa shape index (κ1) is 13.3. The Morgan fingerprint density at radius 2 is 2.32 bits per heavy atom. The zero-order valence-electron chi connectivity index (χ0n) is 9.75. The smallest absolute Gasteiger partial charge is 0.269 e. The number of nitrogens with one attached hydrogen (secondary N) is 1. The van der Waals surface area contributed by atoms with E-state index in [1.54, 1.807) is 0 Å². The number of nitrogens with zero attached hydrogens (tertiary/aromatic N) is 1. The first-order valence-electron chi connectivity index (χ1n) is 5.77. The van der Waals surface area contributed by atoms with Crippen molar-refractivity contribution >= 4 is 38.9 Å². The van der Waals surface area contributed by atoms with Crippen LogP contribution in [0, 0.1) is 0 Å². The fourth-order valence-electron chi connectivity index (χ4n) is 2.57. The highest BCUT2D eigenvalue weighted by Gasteiger charge is 2.44. The molecule has 19 heavy (non-hydrogen) atoms. The third kappa shape index (κ3) is 2.15. The third-order valence-corrected chi connectivity index (χ3v) is 5.28. The molecule has 0 aliphatic carbocycles. The van der Waals surface area contributed by atoms with Crippen molar-refractivity contribution < 1.29 is 18.7 Å². The molecule has 2 N–H and O–H groups in total. The predicted molar refractivity (Wildman–Crippen MR) is 71.2 cm³/mol. The largest absolute Gasteiger partial charge is 0.394 e. The van der Waals surface area contributed by atoms with Gasteiger partial charge in [-0.3, -0.25) is 4.79 Å². The van der Waals surface area contributed by atoms with E-state index in [-0.39, 0.29) is 25.5 Å². The average Bonchev–Trinajstić information content (AvgIpc) is 2.57. The van der Waals surface area contributed by atoms with Crippen LogP contribution in [0.4, 0.5) is 14.5 Å². The predicted octanol–water partition coefficient (Wildman–Crippen LogP) is 1.61. The quantitative estimate of drug-likeness (QED) is 0.807. The summed E-state index contributed by atoms with van der Waals surface area (Å²) < 4.78 is 28.1. The fraction of sp³-hybridized carbons (Fsp3) is 0.545. The van der Waals surface area contributed by atoms with Gasteiger partial charge in [0.15, 0.2) is 0 Å². The molecule has 0 aromatic carbocycles. The van der Waals surface area contributed by atoms with Crippen LogP contribution in [0.2, 0.25) is 0 Å². The summed E-state index contributed by atoms with van der Waals surface area (Å²) in [6, 6.07) is -0.521. The number of thiophene rings is 1. The number of aliphatic hydroxyl groups excluding tert-OH is 1. The van der Waals surface area contributed by atoms with E-state index < -0.39 is 18.5 Å². The number of hydrogen-bond donors (Lipinski definition) is 2. The van der Waals surface area contributed by atoms with E-state index in [0.717, 1.165) is 0 Å².